The summed E-state index contributed by atoms with van der Waals surface area (Å²) < 4.78 is 7.35. The molecule has 1 amide bonds. The Hall–Kier alpha value is -2.93. The van der Waals surface area contributed by atoms with Crippen molar-refractivity contribution < 1.29 is 9.21 Å². The standard InChI is InChI=1S/C17H14N4O2S/c1-10-7-13(21(2)20-10)16(22)19-17-18-12(9-24-17)15-8-11-5-3-4-6-14(11)23-15/h3-9H,1-2H3,(H,18,19,22). The molecule has 0 radical (unpaired) electrons. The number of carbonyl (C=O) groups is 1. The maximum atomic E-state index is 12.3. The van der Waals surface area contributed by atoms with E-state index in [0.29, 0.717) is 22.3 Å². The molecule has 1 aromatic carbocycles. The van der Waals surface area contributed by atoms with E-state index in [9.17, 15) is 4.79 Å². The van der Waals surface area contributed by atoms with Crippen molar-refractivity contribution in [3.63, 3.8) is 0 Å². The first-order valence-corrected chi connectivity index (χ1v) is 8.24. The molecule has 7 heteroatoms. The van der Waals surface area contributed by atoms with Crippen LogP contribution in [0.1, 0.15) is 16.2 Å². The fourth-order valence-corrected chi connectivity index (χ4v) is 3.23. The van der Waals surface area contributed by atoms with Crippen LogP contribution in [0.25, 0.3) is 22.4 Å². The van der Waals surface area contributed by atoms with Crippen molar-refractivity contribution in [3.8, 4) is 11.5 Å². The van der Waals surface area contributed by atoms with E-state index >= 15 is 0 Å². The van der Waals surface area contributed by atoms with Gasteiger partial charge in [-0.05, 0) is 25.1 Å². The molecule has 0 saturated heterocycles. The predicted molar refractivity (Wildman–Crippen MR) is 93.2 cm³/mol. The molecule has 3 heterocycles. The van der Waals surface area contributed by atoms with Crippen LogP contribution in [-0.2, 0) is 7.05 Å². The molecule has 0 atom stereocenters. The molecule has 0 fully saturated rings. The summed E-state index contributed by atoms with van der Waals surface area (Å²) in [6.07, 6.45) is 0. The van der Waals surface area contributed by atoms with Gasteiger partial charge in [-0.2, -0.15) is 5.10 Å². The largest absolute Gasteiger partial charge is 0.454 e. The monoisotopic (exact) mass is 338 g/mol. The molecule has 4 aromatic rings. The van der Waals surface area contributed by atoms with E-state index in [0.717, 1.165) is 16.7 Å². The maximum absolute atomic E-state index is 12.3. The zero-order valence-corrected chi connectivity index (χ0v) is 13.9. The van der Waals surface area contributed by atoms with Crippen LogP contribution in [0.4, 0.5) is 5.13 Å². The van der Waals surface area contributed by atoms with Crippen molar-refractivity contribution >= 4 is 33.3 Å². The number of rotatable bonds is 3. The van der Waals surface area contributed by atoms with Crippen LogP contribution in [-0.4, -0.2) is 20.7 Å². The van der Waals surface area contributed by atoms with E-state index in [4.69, 9.17) is 4.42 Å². The molecule has 6 nitrogen and oxygen atoms in total. The number of fused-ring (bicyclic) bond motifs is 1. The van der Waals surface area contributed by atoms with E-state index in [1.165, 1.54) is 11.3 Å². The smallest absolute Gasteiger partial charge is 0.275 e. The third kappa shape index (κ3) is 2.59. The summed E-state index contributed by atoms with van der Waals surface area (Å²) in [4.78, 5) is 16.7. The lowest BCUT2D eigenvalue weighted by Gasteiger charge is -2.01. The Labute approximate surface area is 141 Å². The highest BCUT2D eigenvalue weighted by molar-refractivity contribution is 7.14. The topological polar surface area (TPSA) is 73.0 Å². The average Bonchev–Trinajstić information content (AvgIpc) is 3.24. The van der Waals surface area contributed by atoms with E-state index in [-0.39, 0.29) is 5.91 Å². The Bertz CT molecular complexity index is 1010. The van der Waals surface area contributed by atoms with Gasteiger partial charge in [0.2, 0.25) is 0 Å². The molecule has 0 aliphatic carbocycles. The Balaban J connectivity index is 1.58. The minimum atomic E-state index is -0.233. The number of anilines is 1. The number of nitrogens with one attached hydrogen (secondary N) is 1. The lowest BCUT2D eigenvalue weighted by Crippen LogP contribution is -2.15. The zero-order valence-electron chi connectivity index (χ0n) is 13.1. The van der Waals surface area contributed by atoms with Crippen molar-refractivity contribution in [3.05, 3.63) is 53.2 Å². The maximum Gasteiger partial charge on any atom is 0.275 e. The highest BCUT2D eigenvalue weighted by atomic mass is 32.1. The van der Waals surface area contributed by atoms with Gasteiger partial charge >= 0.3 is 0 Å². The number of aryl methyl sites for hydroxylation is 2. The van der Waals surface area contributed by atoms with Gasteiger partial charge in [-0.3, -0.25) is 14.8 Å². The van der Waals surface area contributed by atoms with E-state index in [2.05, 4.69) is 15.4 Å². The van der Waals surface area contributed by atoms with Gasteiger partial charge in [0.25, 0.3) is 5.91 Å². The van der Waals surface area contributed by atoms with Crippen molar-refractivity contribution in [1.82, 2.24) is 14.8 Å². The molecular weight excluding hydrogens is 324 g/mol. The fraction of sp³-hybridized carbons (Fsp3) is 0.118. The Morgan fingerprint density at radius 3 is 2.88 bits per heavy atom. The molecule has 0 unspecified atom stereocenters. The number of aromatic nitrogens is 3. The number of carbonyl (C=O) groups excluding carboxylic acids is 1. The molecule has 120 valence electrons. The van der Waals surface area contributed by atoms with E-state index < -0.39 is 0 Å². The van der Waals surface area contributed by atoms with E-state index in [1.54, 1.807) is 17.8 Å². The van der Waals surface area contributed by atoms with Crippen molar-refractivity contribution in [2.75, 3.05) is 5.32 Å². The molecule has 0 spiro atoms. The molecule has 3 aromatic heterocycles. The van der Waals surface area contributed by atoms with Gasteiger partial charge in [0.15, 0.2) is 10.9 Å². The normalized spacial score (nSPS) is 11.1. The first-order valence-electron chi connectivity index (χ1n) is 7.36. The van der Waals surface area contributed by atoms with Gasteiger partial charge in [-0.1, -0.05) is 18.2 Å². The van der Waals surface area contributed by atoms with Crippen LogP contribution in [0.5, 0.6) is 0 Å². The number of benzene rings is 1. The van der Waals surface area contributed by atoms with Crippen LogP contribution >= 0.6 is 11.3 Å². The SMILES string of the molecule is Cc1cc(C(=O)Nc2nc(-c3cc4ccccc4o3)cs2)n(C)n1. The first kappa shape index (κ1) is 14.6. The molecule has 0 aliphatic rings. The number of hydrogen-bond donors (Lipinski definition) is 1. The number of para-hydroxylation sites is 1. The number of amides is 1. The van der Waals surface area contributed by atoms with Crippen LogP contribution in [0.15, 0.2) is 46.2 Å². The van der Waals surface area contributed by atoms with Gasteiger partial charge in [0, 0.05) is 17.8 Å². The third-order valence-electron chi connectivity index (χ3n) is 3.64. The third-order valence-corrected chi connectivity index (χ3v) is 4.39. The van der Waals surface area contributed by atoms with Crippen LogP contribution in [0.2, 0.25) is 0 Å². The average molecular weight is 338 g/mol. The highest BCUT2D eigenvalue weighted by Gasteiger charge is 2.15. The Kier molecular flexibility index (Phi) is 3.42. The second-order valence-corrected chi connectivity index (χ2v) is 6.29. The van der Waals surface area contributed by atoms with Crippen LogP contribution in [0, 0.1) is 6.92 Å². The molecular formula is C17H14N4O2S. The zero-order chi connectivity index (χ0) is 16.7. The molecule has 0 saturated carbocycles. The predicted octanol–water partition coefficient (Wildman–Crippen LogP) is 3.85. The van der Waals surface area contributed by atoms with Crippen LogP contribution < -0.4 is 5.32 Å². The molecule has 4 rings (SSSR count). The number of furan rings is 1. The molecule has 1 N–H and O–H groups in total. The van der Waals surface area contributed by atoms with Gasteiger partial charge in [0.05, 0.1) is 5.69 Å². The van der Waals surface area contributed by atoms with E-state index in [1.807, 2.05) is 42.6 Å². The summed E-state index contributed by atoms with van der Waals surface area (Å²) in [5.74, 6) is 0.452. The second kappa shape index (κ2) is 5.61. The van der Waals surface area contributed by atoms with Gasteiger partial charge in [-0.25, -0.2) is 4.98 Å². The molecule has 0 bridgehead atoms. The van der Waals surface area contributed by atoms with Gasteiger partial charge in [-0.15, -0.1) is 11.3 Å². The minimum Gasteiger partial charge on any atom is -0.454 e. The number of nitrogens with zero attached hydrogens (tertiary/aromatic N) is 3. The second-order valence-electron chi connectivity index (χ2n) is 5.44. The summed E-state index contributed by atoms with van der Waals surface area (Å²) in [6.45, 7) is 1.85. The summed E-state index contributed by atoms with van der Waals surface area (Å²) in [6, 6.07) is 11.5. The van der Waals surface area contributed by atoms with Crippen molar-refractivity contribution in [1.29, 1.82) is 0 Å². The fourth-order valence-electron chi connectivity index (χ4n) is 2.54. The summed E-state index contributed by atoms with van der Waals surface area (Å²) >= 11 is 1.36. The quantitative estimate of drug-likeness (QED) is 0.616. The van der Waals surface area contributed by atoms with Crippen molar-refractivity contribution in [2.24, 2.45) is 7.05 Å². The first-order chi connectivity index (χ1) is 11.6. The van der Waals surface area contributed by atoms with Crippen molar-refractivity contribution in [2.45, 2.75) is 6.92 Å². The summed E-state index contributed by atoms with van der Waals surface area (Å²) in [5, 5.41) is 10.4. The summed E-state index contributed by atoms with van der Waals surface area (Å²) in [5.41, 5.74) is 2.81. The lowest BCUT2D eigenvalue weighted by molar-refractivity contribution is 0.101. The van der Waals surface area contributed by atoms with Gasteiger partial charge < -0.3 is 4.42 Å². The lowest BCUT2D eigenvalue weighted by atomic mass is 10.2. The minimum absolute atomic E-state index is 0.233. The molecule has 0 aliphatic heterocycles. The Morgan fingerprint density at radius 1 is 1.29 bits per heavy atom. The number of thiazole rings is 1. The van der Waals surface area contributed by atoms with Gasteiger partial charge in [0.1, 0.15) is 17.0 Å². The Morgan fingerprint density at radius 2 is 2.12 bits per heavy atom. The van der Waals surface area contributed by atoms with Crippen LogP contribution in [0.3, 0.4) is 0 Å². The molecule has 24 heavy (non-hydrogen) atoms. The number of hydrogen-bond acceptors (Lipinski definition) is 5. The summed E-state index contributed by atoms with van der Waals surface area (Å²) in [7, 11) is 1.74. The highest BCUT2D eigenvalue weighted by Crippen LogP contribution is 2.30.